The molecule has 0 saturated carbocycles. The first-order chi connectivity index (χ1) is 12.5. The predicted molar refractivity (Wildman–Crippen MR) is 99.4 cm³/mol. The van der Waals surface area contributed by atoms with Gasteiger partial charge in [0.25, 0.3) is 0 Å². The summed E-state index contributed by atoms with van der Waals surface area (Å²) >= 11 is 1.20. The van der Waals surface area contributed by atoms with Gasteiger partial charge in [0.1, 0.15) is 22.2 Å². The number of nitrogens with one attached hydrogen (secondary N) is 1. The van der Waals surface area contributed by atoms with Crippen molar-refractivity contribution >= 4 is 38.1 Å². The van der Waals surface area contributed by atoms with Gasteiger partial charge in [0, 0.05) is 19.1 Å². The second-order valence-electron chi connectivity index (χ2n) is 6.15. The molecule has 0 aliphatic carbocycles. The second-order valence-corrected chi connectivity index (χ2v) is 9.03. The molecule has 0 unspecified atom stereocenters. The molecule has 6 nitrogen and oxygen atoms in total. The number of thiophene rings is 1. The lowest BCUT2D eigenvalue weighted by atomic mass is 10.1. The molecule has 3 aromatic rings. The minimum atomic E-state index is -3.48. The Labute approximate surface area is 154 Å². The summed E-state index contributed by atoms with van der Waals surface area (Å²) in [5.74, 6) is 0.214. The van der Waals surface area contributed by atoms with E-state index in [-0.39, 0.29) is 11.9 Å². The zero-order valence-corrected chi connectivity index (χ0v) is 15.4. The van der Waals surface area contributed by atoms with Gasteiger partial charge in [0.15, 0.2) is 0 Å². The summed E-state index contributed by atoms with van der Waals surface area (Å²) < 4.78 is 42.0. The molecule has 0 bridgehead atoms. The number of aromatic nitrogens is 2. The van der Waals surface area contributed by atoms with Gasteiger partial charge in [-0.15, -0.1) is 11.3 Å². The number of halogens is 1. The number of fused-ring (bicyclic) bond motifs is 1. The van der Waals surface area contributed by atoms with Crippen LogP contribution in [0, 0.1) is 5.82 Å². The Bertz CT molecular complexity index is 1010. The molecule has 9 heteroatoms. The number of nitrogens with zero attached hydrogens (tertiary/aromatic N) is 3. The van der Waals surface area contributed by atoms with E-state index in [9.17, 15) is 12.8 Å². The lowest BCUT2D eigenvalue weighted by Gasteiger charge is -2.33. The average Bonchev–Trinajstić information content (AvgIpc) is 3.18. The van der Waals surface area contributed by atoms with Crippen LogP contribution in [-0.2, 0) is 10.0 Å². The third-order valence-electron chi connectivity index (χ3n) is 4.47. The first-order valence-corrected chi connectivity index (χ1v) is 10.6. The van der Waals surface area contributed by atoms with Crippen LogP contribution in [0.25, 0.3) is 10.9 Å². The molecule has 4 rings (SSSR count). The Hall–Kier alpha value is -2.10. The molecule has 2 aromatic heterocycles. The minimum absolute atomic E-state index is 0.142. The lowest BCUT2D eigenvalue weighted by Crippen LogP contribution is -2.44. The van der Waals surface area contributed by atoms with E-state index in [1.807, 2.05) is 4.90 Å². The molecule has 3 heterocycles. The van der Waals surface area contributed by atoms with E-state index in [0.717, 1.165) is 0 Å². The highest BCUT2D eigenvalue weighted by molar-refractivity contribution is 7.91. The van der Waals surface area contributed by atoms with Crippen LogP contribution in [0.3, 0.4) is 0 Å². The Balaban J connectivity index is 1.50. The average molecular weight is 392 g/mol. The predicted octanol–water partition coefficient (Wildman–Crippen LogP) is 2.78. The first kappa shape index (κ1) is 17.3. The number of piperidine rings is 1. The fourth-order valence-corrected chi connectivity index (χ4v) is 5.51. The van der Waals surface area contributed by atoms with Gasteiger partial charge in [-0.1, -0.05) is 12.1 Å². The van der Waals surface area contributed by atoms with Gasteiger partial charge in [0.2, 0.25) is 10.0 Å². The summed E-state index contributed by atoms with van der Waals surface area (Å²) in [6.07, 6.45) is 2.69. The molecule has 1 aromatic carbocycles. The van der Waals surface area contributed by atoms with Crippen LogP contribution in [-0.4, -0.2) is 37.5 Å². The second kappa shape index (κ2) is 6.90. The van der Waals surface area contributed by atoms with Crippen molar-refractivity contribution in [3.8, 4) is 0 Å². The number of hydrogen-bond donors (Lipinski definition) is 1. The zero-order chi connectivity index (χ0) is 18.1. The van der Waals surface area contributed by atoms with Crippen molar-refractivity contribution in [2.75, 3.05) is 18.0 Å². The Morgan fingerprint density at radius 1 is 1.15 bits per heavy atom. The smallest absolute Gasteiger partial charge is 0.250 e. The van der Waals surface area contributed by atoms with E-state index in [2.05, 4.69) is 14.7 Å². The maximum atomic E-state index is 14.3. The van der Waals surface area contributed by atoms with Crippen LogP contribution in [0.5, 0.6) is 0 Å². The van der Waals surface area contributed by atoms with Crippen molar-refractivity contribution in [3.63, 3.8) is 0 Å². The van der Waals surface area contributed by atoms with Gasteiger partial charge in [-0.3, -0.25) is 0 Å². The van der Waals surface area contributed by atoms with Crippen molar-refractivity contribution < 1.29 is 12.8 Å². The normalized spacial score (nSPS) is 16.3. The van der Waals surface area contributed by atoms with Gasteiger partial charge in [-0.2, -0.15) is 0 Å². The third-order valence-corrected chi connectivity index (χ3v) is 7.39. The van der Waals surface area contributed by atoms with Gasteiger partial charge < -0.3 is 4.90 Å². The maximum absolute atomic E-state index is 14.3. The molecule has 1 aliphatic rings. The van der Waals surface area contributed by atoms with Gasteiger partial charge in [-0.05, 0) is 36.4 Å². The topological polar surface area (TPSA) is 75.2 Å². The summed E-state index contributed by atoms with van der Waals surface area (Å²) in [6, 6.07) is 7.95. The zero-order valence-electron chi connectivity index (χ0n) is 13.8. The monoisotopic (exact) mass is 392 g/mol. The van der Waals surface area contributed by atoms with Crippen LogP contribution >= 0.6 is 11.3 Å². The summed E-state index contributed by atoms with van der Waals surface area (Å²) in [5, 5.41) is 2.15. The molecular weight excluding hydrogens is 375 g/mol. The molecule has 0 amide bonds. The fourth-order valence-electron chi connectivity index (χ4n) is 3.19. The molecule has 0 atom stereocenters. The third kappa shape index (κ3) is 3.29. The molecule has 1 aliphatic heterocycles. The summed E-state index contributed by atoms with van der Waals surface area (Å²) in [4.78, 5) is 10.4. The molecule has 136 valence electrons. The highest BCUT2D eigenvalue weighted by atomic mass is 32.2. The van der Waals surface area contributed by atoms with Crippen molar-refractivity contribution in [1.82, 2.24) is 14.7 Å². The van der Waals surface area contributed by atoms with E-state index >= 15 is 0 Å². The highest BCUT2D eigenvalue weighted by Gasteiger charge is 2.26. The standard InChI is InChI=1S/C17H17FN4O2S2/c18-13-3-1-4-14-16(13)17(20-11-19-14)22-8-6-12(7-9-22)21-26(23,24)15-5-2-10-25-15/h1-5,10-12,21H,6-9H2. The summed E-state index contributed by atoms with van der Waals surface area (Å²) in [6.45, 7) is 1.19. The molecule has 0 radical (unpaired) electrons. The van der Waals surface area contributed by atoms with Gasteiger partial charge in [0.05, 0.1) is 10.9 Å². The van der Waals surface area contributed by atoms with Gasteiger partial charge in [-0.25, -0.2) is 27.5 Å². The van der Waals surface area contributed by atoms with Crippen molar-refractivity contribution in [1.29, 1.82) is 0 Å². The van der Waals surface area contributed by atoms with E-state index in [0.29, 0.717) is 46.9 Å². The van der Waals surface area contributed by atoms with E-state index in [4.69, 9.17) is 0 Å². The van der Waals surface area contributed by atoms with Crippen LogP contribution < -0.4 is 9.62 Å². The van der Waals surface area contributed by atoms with Crippen LogP contribution in [0.2, 0.25) is 0 Å². The SMILES string of the molecule is O=S(=O)(NC1CCN(c2ncnc3cccc(F)c23)CC1)c1cccs1. The van der Waals surface area contributed by atoms with Crippen LogP contribution in [0.4, 0.5) is 10.2 Å². The quantitative estimate of drug-likeness (QED) is 0.739. The number of sulfonamides is 1. The van der Waals surface area contributed by atoms with Crippen LogP contribution in [0.1, 0.15) is 12.8 Å². The van der Waals surface area contributed by atoms with Crippen molar-refractivity contribution in [2.45, 2.75) is 23.1 Å². The number of benzene rings is 1. The van der Waals surface area contributed by atoms with Crippen molar-refractivity contribution in [2.24, 2.45) is 0 Å². The molecule has 1 saturated heterocycles. The molecule has 1 fully saturated rings. The fraction of sp³-hybridized carbons (Fsp3) is 0.294. The largest absolute Gasteiger partial charge is 0.356 e. The minimum Gasteiger partial charge on any atom is -0.356 e. The Morgan fingerprint density at radius 3 is 2.69 bits per heavy atom. The Kier molecular flexibility index (Phi) is 4.60. The van der Waals surface area contributed by atoms with Crippen LogP contribution in [0.15, 0.2) is 46.2 Å². The summed E-state index contributed by atoms with van der Waals surface area (Å²) in [7, 11) is -3.48. The number of hydrogen-bond acceptors (Lipinski definition) is 6. The number of anilines is 1. The number of rotatable bonds is 4. The highest BCUT2D eigenvalue weighted by Crippen LogP contribution is 2.28. The van der Waals surface area contributed by atoms with Crippen molar-refractivity contribution in [3.05, 3.63) is 47.9 Å². The lowest BCUT2D eigenvalue weighted by molar-refractivity contribution is 0.459. The molecule has 1 N–H and O–H groups in total. The van der Waals surface area contributed by atoms with E-state index < -0.39 is 10.0 Å². The maximum Gasteiger partial charge on any atom is 0.250 e. The van der Waals surface area contributed by atoms with E-state index in [1.54, 1.807) is 29.6 Å². The van der Waals surface area contributed by atoms with E-state index in [1.165, 1.54) is 23.7 Å². The molecule has 26 heavy (non-hydrogen) atoms. The van der Waals surface area contributed by atoms with Gasteiger partial charge >= 0.3 is 0 Å². The first-order valence-electron chi connectivity index (χ1n) is 8.24. The Morgan fingerprint density at radius 2 is 1.96 bits per heavy atom. The molecule has 0 spiro atoms. The molecular formula is C17H17FN4O2S2. The summed E-state index contributed by atoms with van der Waals surface area (Å²) in [5.41, 5.74) is 0.565.